The lowest BCUT2D eigenvalue weighted by molar-refractivity contribution is 0.141. The molecule has 0 radical (unpaired) electrons. The number of aliphatic hydroxyl groups is 1. The molecule has 3 nitrogen and oxygen atoms in total. The number of hydrogen-bond acceptors (Lipinski definition) is 3. The number of rotatable bonds is 2. The number of pyridine rings is 1. The van der Waals surface area contributed by atoms with E-state index in [1.165, 1.54) is 16.7 Å². The molecular formula is C15H16N2O. The zero-order chi connectivity index (χ0) is 12.5. The van der Waals surface area contributed by atoms with Gasteiger partial charge < -0.3 is 10.0 Å². The monoisotopic (exact) mass is 240 g/mol. The summed E-state index contributed by atoms with van der Waals surface area (Å²) in [6, 6.07) is 12.5. The van der Waals surface area contributed by atoms with E-state index < -0.39 is 0 Å². The van der Waals surface area contributed by atoms with Gasteiger partial charge in [0.15, 0.2) is 0 Å². The van der Waals surface area contributed by atoms with Crippen LogP contribution in [0.4, 0.5) is 5.82 Å². The first kappa shape index (κ1) is 11.2. The molecule has 0 saturated carbocycles. The van der Waals surface area contributed by atoms with Gasteiger partial charge in [-0.3, -0.25) is 0 Å². The molecule has 18 heavy (non-hydrogen) atoms. The third-order valence-electron chi connectivity index (χ3n) is 3.39. The molecular weight excluding hydrogens is 224 g/mol. The highest BCUT2D eigenvalue weighted by Gasteiger charge is 2.25. The molecule has 1 aliphatic heterocycles. The maximum Gasteiger partial charge on any atom is 0.129 e. The van der Waals surface area contributed by atoms with Crippen LogP contribution in [-0.4, -0.2) is 29.3 Å². The highest BCUT2D eigenvalue weighted by molar-refractivity contribution is 5.69. The van der Waals surface area contributed by atoms with Crippen LogP contribution < -0.4 is 4.90 Å². The zero-order valence-electron chi connectivity index (χ0n) is 10.4. The van der Waals surface area contributed by atoms with E-state index in [0.29, 0.717) is 13.1 Å². The van der Waals surface area contributed by atoms with Crippen molar-refractivity contribution in [1.82, 2.24) is 4.98 Å². The molecule has 0 atom stereocenters. The Hall–Kier alpha value is -1.87. The van der Waals surface area contributed by atoms with Crippen molar-refractivity contribution >= 4 is 5.82 Å². The number of β-amino-alcohol motifs (C(OH)–C–C–N with tert-alkyl or cyclic N) is 1. The van der Waals surface area contributed by atoms with E-state index in [1.807, 2.05) is 18.3 Å². The van der Waals surface area contributed by atoms with E-state index in [-0.39, 0.29) is 6.10 Å². The van der Waals surface area contributed by atoms with Crippen molar-refractivity contribution in [2.45, 2.75) is 13.0 Å². The molecule has 0 amide bonds. The second-order valence-corrected chi connectivity index (χ2v) is 4.78. The average molecular weight is 240 g/mol. The predicted molar refractivity (Wildman–Crippen MR) is 72.6 cm³/mol. The lowest BCUT2D eigenvalue weighted by Gasteiger charge is -2.37. The molecule has 0 bridgehead atoms. The van der Waals surface area contributed by atoms with Gasteiger partial charge in [-0.15, -0.1) is 0 Å². The molecule has 3 heteroatoms. The number of nitrogens with zero attached hydrogens (tertiary/aromatic N) is 2. The summed E-state index contributed by atoms with van der Waals surface area (Å²) in [7, 11) is 0. The second kappa shape index (κ2) is 4.42. The van der Waals surface area contributed by atoms with Crippen LogP contribution in [0.15, 0.2) is 42.6 Å². The average Bonchev–Trinajstić information content (AvgIpc) is 2.36. The van der Waals surface area contributed by atoms with Gasteiger partial charge in [0, 0.05) is 19.3 Å². The largest absolute Gasteiger partial charge is 0.389 e. The Labute approximate surface area is 107 Å². The molecule has 3 rings (SSSR count). The third kappa shape index (κ3) is 1.97. The molecule has 1 aliphatic rings. The number of hydrogen-bond donors (Lipinski definition) is 1. The Kier molecular flexibility index (Phi) is 2.76. The van der Waals surface area contributed by atoms with Gasteiger partial charge in [-0.1, -0.05) is 24.3 Å². The van der Waals surface area contributed by atoms with Gasteiger partial charge >= 0.3 is 0 Å². The summed E-state index contributed by atoms with van der Waals surface area (Å²) in [5.74, 6) is 0.945. The first-order chi connectivity index (χ1) is 8.74. The minimum absolute atomic E-state index is 0.200. The summed E-state index contributed by atoms with van der Waals surface area (Å²) < 4.78 is 0. The standard InChI is InChI=1S/C15H16N2O/c1-11-4-2-3-5-14(11)12-6-7-16-15(8-12)17-9-13(18)10-17/h2-8,13,18H,9-10H2,1H3. The van der Waals surface area contributed by atoms with E-state index in [2.05, 4.69) is 41.1 Å². The summed E-state index contributed by atoms with van der Waals surface area (Å²) in [5, 5.41) is 9.34. The number of aryl methyl sites for hydroxylation is 1. The lowest BCUT2D eigenvalue weighted by atomic mass is 10.0. The Morgan fingerprint density at radius 2 is 2.00 bits per heavy atom. The Bertz CT molecular complexity index is 562. The van der Waals surface area contributed by atoms with Crippen LogP contribution in [0.3, 0.4) is 0 Å². The highest BCUT2D eigenvalue weighted by atomic mass is 16.3. The van der Waals surface area contributed by atoms with Gasteiger partial charge in [0.1, 0.15) is 5.82 Å². The maximum atomic E-state index is 9.34. The zero-order valence-corrected chi connectivity index (χ0v) is 10.4. The van der Waals surface area contributed by atoms with Crippen LogP contribution in [0.5, 0.6) is 0 Å². The van der Waals surface area contributed by atoms with Gasteiger partial charge in [-0.25, -0.2) is 4.98 Å². The van der Waals surface area contributed by atoms with E-state index >= 15 is 0 Å². The van der Waals surface area contributed by atoms with Crippen molar-refractivity contribution in [3.05, 3.63) is 48.2 Å². The van der Waals surface area contributed by atoms with E-state index in [0.717, 1.165) is 5.82 Å². The van der Waals surface area contributed by atoms with Crippen LogP contribution >= 0.6 is 0 Å². The van der Waals surface area contributed by atoms with E-state index in [9.17, 15) is 5.11 Å². The molecule has 92 valence electrons. The molecule has 1 aromatic heterocycles. The molecule has 1 fully saturated rings. The van der Waals surface area contributed by atoms with Gasteiger partial charge in [0.2, 0.25) is 0 Å². The van der Waals surface area contributed by atoms with E-state index in [4.69, 9.17) is 0 Å². The van der Waals surface area contributed by atoms with Crippen molar-refractivity contribution in [1.29, 1.82) is 0 Å². The van der Waals surface area contributed by atoms with E-state index in [1.54, 1.807) is 0 Å². The van der Waals surface area contributed by atoms with Crippen molar-refractivity contribution in [3.63, 3.8) is 0 Å². The number of aliphatic hydroxyl groups excluding tert-OH is 1. The first-order valence-electron chi connectivity index (χ1n) is 6.19. The second-order valence-electron chi connectivity index (χ2n) is 4.78. The SMILES string of the molecule is Cc1ccccc1-c1ccnc(N2CC(O)C2)c1. The van der Waals surface area contributed by atoms with Crippen molar-refractivity contribution in [2.24, 2.45) is 0 Å². The molecule has 1 aromatic carbocycles. The van der Waals surface area contributed by atoms with Crippen molar-refractivity contribution in [2.75, 3.05) is 18.0 Å². The first-order valence-corrected chi connectivity index (χ1v) is 6.19. The van der Waals surface area contributed by atoms with Crippen LogP contribution in [0, 0.1) is 6.92 Å². The highest BCUT2D eigenvalue weighted by Crippen LogP contribution is 2.27. The van der Waals surface area contributed by atoms with Crippen LogP contribution in [0.2, 0.25) is 0 Å². The summed E-state index contributed by atoms with van der Waals surface area (Å²) >= 11 is 0. The fourth-order valence-corrected chi connectivity index (χ4v) is 2.30. The van der Waals surface area contributed by atoms with Gasteiger partial charge in [0.25, 0.3) is 0 Å². The van der Waals surface area contributed by atoms with Crippen molar-refractivity contribution in [3.8, 4) is 11.1 Å². The maximum absolute atomic E-state index is 9.34. The Morgan fingerprint density at radius 1 is 1.22 bits per heavy atom. The predicted octanol–water partition coefficient (Wildman–Crippen LogP) is 2.24. The molecule has 1 N–H and O–H groups in total. The molecule has 0 unspecified atom stereocenters. The Morgan fingerprint density at radius 3 is 2.72 bits per heavy atom. The quantitative estimate of drug-likeness (QED) is 0.874. The third-order valence-corrected chi connectivity index (χ3v) is 3.39. The Balaban J connectivity index is 1.94. The summed E-state index contributed by atoms with van der Waals surface area (Å²) in [5.41, 5.74) is 3.68. The molecule has 2 heterocycles. The molecule has 1 saturated heterocycles. The topological polar surface area (TPSA) is 36.4 Å². The molecule has 0 aliphatic carbocycles. The minimum Gasteiger partial charge on any atom is -0.389 e. The summed E-state index contributed by atoms with van der Waals surface area (Å²) in [6.45, 7) is 3.48. The fourth-order valence-electron chi connectivity index (χ4n) is 2.30. The van der Waals surface area contributed by atoms with Crippen LogP contribution in [0.1, 0.15) is 5.56 Å². The smallest absolute Gasteiger partial charge is 0.129 e. The lowest BCUT2D eigenvalue weighted by Crippen LogP contribution is -2.51. The summed E-state index contributed by atoms with van der Waals surface area (Å²) in [4.78, 5) is 6.46. The number of anilines is 1. The van der Waals surface area contributed by atoms with Crippen molar-refractivity contribution < 1.29 is 5.11 Å². The van der Waals surface area contributed by atoms with Gasteiger partial charge in [-0.2, -0.15) is 0 Å². The molecule has 0 spiro atoms. The fraction of sp³-hybridized carbons (Fsp3) is 0.267. The van der Waals surface area contributed by atoms with Gasteiger partial charge in [-0.05, 0) is 35.7 Å². The van der Waals surface area contributed by atoms with Crippen LogP contribution in [0.25, 0.3) is 11.1 Å². The van der Waals surface area contributed by atoms with Gasteiger partial charge in [0.05, 0.1) is 6.10 Å². The van der Waals surface area contributed by atoms with Crippen LogP contribution in [-0.2, 0) is 0 Å². The molecule has 2 aromatic rings. The number of aromatic nitrogens is 1. The number of benzene rings is 1. The minimum atomic E-state index is -0.200. The normalized spacial score (nSPS) is 15.6. The summed E-state index contributed by atoms with van der Waals surface area (Å²) in [6.07, 6.45) is 1.64.